The molecular weight excluding hydrogens is 845 g/mol. The molecule has 2 nitrogen and oxygen atoms in total. The first-order valence-electron chi connectivity index (χ1n) is 24.1. The van der Waals surface area contributed by atoms with Gasteiger partial charge in [-0.3, -0.25) is 0 Å². The zero-order chi connectivity index (χ0) is 47.0. The van der Waals surface area contributed by atoms with Gasteiger partial charge in [0.15, 0.2) is 0 Å². The van der Waals surface area contributed by atoms with Gasteiger partial charge in [-0.05, 0) is 129 Å². The minimum Gasteiger partial charge on any atom is -0.310 e. The second kappa shape index (κ2) is 17.9. The predicted molar refractivity (Wildman–Crippen MR) is 296 cm³/mol. The van der Waals surface area contributed by atoms with Crippen molar-refractivity contribution in [1.82, 2.24) is 4.57 Å². The van der Waals surface area contributed by atoms with E-state index in [9.17, 15) is 0 Å². The third-order valence-corrected chi connectivity index (χ3v) is 14.3. The van der Waals surface area contributed by atoms with Crippen LogP contribution in [0.25, 0.3) is 66.4 Å². The highest BCUT2D eigenvalue weighted by molar-refractivity contribution is 6.10. The molecule has 0 atom stereocenters. The highest BCUT2D eigenvalue weighted by atomic mass is 15.1. The Balaban J connectivity index is 0.983. The first kappa shape index (κ1) is 42.4. The molecule has 1 heterocycles. The van der Waals surface area contributed by atoms with Crippen LogP contribution in [-0.2, 0) is 5.41 Å². The number of para-hydroxylation sites is 3. The lowest BCUT2D eigenvalue weighted by atomic mass is 9.66. The zero-order valence-electron chi connectivity index (χ0n) is 39.1. The Morgan fingerprint density at radius 3 is 1.73 bits per heavy atom. The number of anilines is 3. The van der Waals surface area contributed by atoms with Gasteiger partial charge in [-0.2, -0.15) is 0 Å². The highest BCUT2D eigenvalue weighted by Crippen LogP contribution is 2.56. The van der Waals surface area contributed by atoms with Gasteiger partial charge in [-0.25, -0.2) is 0 Å². The van der Waals surface area contributed by atoms with E-state index in [0.717, 1.165) is 39.4 Å². The molecule has 0 N–H and O–H groups in total. The quantitative estimate of drug-likeness (QED) is 0.117. The Morgan fingerprint density at radius 2 is 1.00 bits per heavy atom. The molecule has 12 rings (SSSR count). The number of hydrogen-bond acceptors (Lipinski definition) is 1. The summed E-state index contributed by atoms with van der Waals surface area (Å²) in [5, 5.41) is 2.48. The fourth-order valence-electron chi connectivity index (χ4n) is 11.1. The molecule has 332 valence electrons. The van der Waals surface area contributed by atoms with Crippen molar-refractivity contribution in [3.8, 4) is 39.1 Å². The van der Waals surface area contributed by atoms with Gasteiger partial charge in [0.2, 0.25) is 0 Å². The third kappa shape index (κ3) is 7.12. The average molecular weight is 895 g/mol. The molecule has 11 aromatic rings. The zero-order valence-corrected chi connectivity index (χ0v) is 39.1. The van der Waals surface area contributed by atoms with E-state index in [4.69, 9.17) is 0 Å². The summed E-state index contributed by atoms with van der Waals surface area (Å²) < 4.78 is 2.41. The monoisotopic (exact) mass is 894 g/mol. The molecule has 0 saturated carbocycles. The van der Waals surface area contributed by atoms with Crippen molar-refractivity contribution in [3.63, 3.8) is 0 Å². The maximum atomic E-state index is 4.08. The maximum Gasteiger partial charge on any atom is 0.0710 e. The lowest BCUT2D eigenvalue weighted by Gasteiger charge is -2.35. The summed E-state index contributed by atoms with van der Waals surface area (Å²) in [6.45, 7) is 6.36. The molecule has 0 aliphatic heterocycles. The second-order valence-corrected chi connectivity index (χ2v) is 18.1. The summed E-state index contributed by atoms with van der Waals surface area (Å²) in [4.78, 5) is 2.42. The molecule has 0 unspecified atom stereocenters. The molecule has 0 radical (unpaired) electrons. The Bertz CT molecular complexity index is 3730. The summed E-state index contributed by atoms with van der Waals surface area (Å²) >= 11 is 0. The Kier molecular flexibility index (Phi) is 10.8. The molecule has 1 aromatic heterocycles. The topological polar surface area (TPSA) is 8.17 Å². The van der Waals surface area contributed by atoms with Crippen molar-refractivity contribution in [1.29, 1.82) is 0 Å². The van der Waals surface area contributed by atoms with E-state index in [1.165, 1.54) is 71.9 Å². The van der Waals surface area contributed by atoms with Crippen LogP contribution in [0, 0.1) is 0 Å². The van der Waals surface area contributed by atoms with E-state index in [1.54, 1.807) is 0 Å². The fourth-order valence-corrected chi connectivity index (χ4v) is 11.1. The third-order valence-electron chi connectivity index (χ3n) is 14.3. The maximum absolute atomic E-state index is 4.08. The van der Waals surface area contributed by atoms with Gasteiger partial charge in [-0.1, -0.05) is 219 Å². The van der Waals surface area contributed by atoms with E-state index >= 15 is 0 Å². The predicted octanol–water partition coefficient (Wildman–Crippen LogP) is 18.1. The van der Waals surface area contributed by atoms with Gasteiger partial charge in [0.05, 0.1) is 22.1 Å². The van der Waals surface area contributed by atoms with Crippen LogP contribution in [0.2, 0.25) is 0 Å². The molecule has 2 heteroatoms. The summed E-state index contributed by atoms with van der Waals surface area (Å²) in [6.07, 6.45) is 6.22. The van der Waals surface area contributed by atoms with E-state index in [-0.39, 0.29) is 0 Å². The van der Waals surface area contributed by atoms with Crippen LogP contribution < -0.4 is 4.90 Å². The van der Waals surface area contributed by atoms with Gasteiger partial charge in [0.25, 0.3) is 0 Å². The largest absolute Gasteiger partial charge is 0.310 e. The number of rotatable bonds is 11. The summed E-state index contributed by atoms with van der Waals surface area (Å²) in [5.74, 6) is 0. The van der Waals surface area contributed by atoms with Crippen molar-refractivity contribution in [2.75, 3.05) is 4.90 Å². The molecule has 0 bridgehead atoms. The van der Waals surface area contributed by atoms with E-state index in [1.807, 2.05) is 6.08 Å². The van der Waals surface area contributed by atoms with Crippen molar-refractivity contribution in [2.24, 2.45) is 0 Å². The van der Waals surface area contributed by atoms with Crippen LogP contribution in [0.4, 0.5) is 17.1 Å². The number of hydrogen-bond donors (Lipinski definition) is 0. The molecule has 0 saturated heterocycles. The number of fused-ring (bicyclic) bond motifs is 4. The lowest BCUT2D eigenvalue weighted by Crippen LogP contribution is -2.29. The summed E-state index contributed by atoms with van der Waals surface area (Å²) in [6, 6.07) is 92.9. The summed E-state index contributed by atoms with van der Waals surface area (Å²) in [5.41, 5.74) is 20.8. The Labute approximate surface area is 410 Å². The van der Waals surface area contributed by atoms with Crippen LogP contribution in [0.1, 0.15) is 29.2 Å². The van der Waals surface area contributed by atoms with Crippen LogP contribution in [0.15, 0.2) is 285 Å². The molecule has 0 spiro atoms. The number of allylic oxidation sites excluding steroid dienone is 5. The molecule has 1 aliphatic carbocycles. The number of aromatic nitrogens is 1. The molecule has 1 aliphatic rings. The van der Waals surface area contributed by atoms with E-state index < -0.39 is 5.41 Å². The number of benzene rings is 10. The fraction of sp³-hybridized carbons (Fsp3) is 0.0294. The van der Waals surface area contributed by atoms with Crippen molar-refractivity contribution < 1.29 is 0 Å². The van der Waals surface area contributed by atoms with Crippen molar-refractivity contribution in [3.05, 3.63) is 307 Å². The SMILES string of the molecule is C=C/C=C\C1=C(C)c2cc(N(c3ccccc3)c3ccccc3-c3cccc(-c4ccc5c6ccccc6n(-c6ccc(-c7ccccc7)cc6)c5c4)c3)ccc2C1(c1ccccc1)c1ccccc1. The Morgan fingerprint density at radius 1 is 0.429 bits per heavy atom. The minimum atomic E-state index is -0.514. The van der Waals surface area contributed by atoms with Gasteiger partial charge in [-0.15, -0.1) is 0 Å². The van der Waals surface area contributed by atoms with Crippen LogP contribution in [-0.4, -0.2) is 4.57 Å². The van der Waals surface area contributed by atoms with Gasteiger partial charge >= 0.3 is 0 Å². The Hall–Kier alpha value is -8.98. The second-order valence-electron chi connectivity index (χ2n) is 18.1. The van der Waals surface area contributed by atoms with Crippen LogP contribution in [0.3, 0.4) is 0 Å². The van der Waals surface area contributed by atoms with Gasteiger partial charge in [0, 0.05) is 33.4 Å². The first-order chi connectivity index (χ1) is 34.6. The average Bonchev–Trinajstić information content (AvgIpc) is 3.90. The smallest absolute Gasteiger partial charge is 0.0710 e. The first-order valence-corrected chi connectivity index (χ1v) is 24.1. The molecule has 0 fully saturated rings. The van der Waals surface area contributed by atoms with Crippen LogP contribution >= 0.6 is 0 Å². The van der Waals surface area contributed by atoms with E-state index in [0.29, 0.717) is 0 Å². The molecular formula is C68H50N2. The highest BCUT2D eigenvalue weighted by Gasteiger charge is 2.46. The van der Waals surface area contributed by atoms with Crippen LogP contribution in [0.5, 0.6) is 0 Å². The van der Waals surface area contributed by atoms with E-state index in [2.05, 4.69) is 290 Å². The van der Waals surface area contributed by atoms with Crippen molar-refractivity contribution in [2.45, 2.75) is 12.3 Å². The van der Waals surface area contributed by atoms with Crippen molar-refractivity contribution >= 4 is 44.4 Å². The minimum absolute atomic E-state index is 0.514. The summed E-state index contributed by atoms with van der Waals surface area (Å²) in [7, 11) is 0. The molecule has 10 aromatic carbocycles. The van der Waals surface area contributed by atoms with Gasteiger partial charge in [0.1, 0.15) is 0 Å². The molecule has 0 amide bonds. The standard InChI is InChI=1S/C68H50N2/c1-3-4-34-63-48(2)62-47-58(42-44-64(62)68(63,54-26-11-6-12-27-54)55-28-13-7-14-29-55)69(56-30-15-8-16-31-56)65-35-19-17-32-59(65)53-25-21-24-51(45-53)52-39-43-61-60-33-18-20-36-66(60)70(67(61)46-52)57-40-37-50(38-41-57)49-22-9-5-10-23-49/h3-47H,1H2,2H3/b34-4-. The molecule has 70 heavy (non-hydrogen) atoms. The normalized spacial score (nSPS) is 13.0. The lowest BCUT2D eigenvalue weighted by molar-refractivity contribution is 0.761. The van der Waals surface area contributed by atoms with Gasteiger partial charge < -0.3 is 9.47 Å². The number of nitrogens with zero attached hydrogens (tertiary/aromatic N) is 2.